The summed E-state index contributed by atoms with van der Waals surface area (Å²) in [4.78, 5) is 56.4. The summed E-state index contributed by atoms with van der Waals surface area (Å²) in [7, 11) is 0. The number of aliphatic carboxylic acids is 1. The van der Waals surface area contributed by atoms with Gasteiger partial charge in [-0.25, -0.2) is 4.79 Å². The van der Waals surface area contributed by atoms with E-state index in [4.69, 9.17) is 21.7 Å². The third-order valence-corrected chi connectivity index (χ3v) is 3.18. The number of rotatable bonds is 11. The van der Waals surface area contributed by atoms with E-state index < -0.39 is 67.3 Å². The van der Waals surface area contributed by atoms with Gasteiger partial charge in [-0.1, -0.05) is 0 Å². The summed E-state index contributed by atoms with van der Waals surface area (Å²) in [6.45, 7) is -1.38. The highest BCUT2D eigenvalue weighted by Crippen LogP contribution is 1.92. The highest BCUT2D eigenvalue weighted by atomic mass is 32.1. The number of hydrogen-bond acceptors (Lipinski definition) is 8. The summed E-state index contributed by atoms with van der Waals surface area (Å²) in [5.41, 5.74) is 10.2. The average molecular weight is 379 g/mol. The summed E-state index contributed by atoms with van der Waals surface area (Å²) in [5.74, 6) is -4.90. The molecule has 13 heteroatoms. The van der Waals surface area contributed by atoms with E-state index >= 15 is 0 Å². The second-order valence-corrected chi connectivity index (χ2v) is 5.24. The first-order valence-electron chi connectivity index (χ1n) is 6.98. The van der Waals surface area contributed by atoms with Crippen LogP contribution in [0.3, 0.4) is 0 Å². The number of carbonyl (C=O) groups excluding carboxylic acids is 4. The number of carbonyl (C=O) groups is 5. The van der Waals surface area contributed by atoms with Crippen LogP contribution >= 0.6 is 12.6 Å². The lowest BCUT2D eigenvalue weighted by atomic mass is 10.2. The second kappa shape index (κ2) is 11.2. The molecule has 0 bridgehead atoms. The van der Waals surface area contributed by atoms with E-state index in [0.717, 1.165) is 0 Å². The molecule has 142 valence electrons. The van der Waals surface area contributed by atoms with Crippen molar-refractivity contribution in [3.63, 3.8) is 0 Å². The molecule has 0 saturated carbocycles. The Labute approximate surface area is 148 Å². The Balaban J connectivity index is 4.49. The fraction of sp³-hybridized carbons (Fsp3) is 0.583. The van der Waals surface area contributed by atoms with Gasteiger partial charge in [-0.2, -0.15) is 12.6 Å². The number of primary amides is 1. The van der Waals surface area contributed by atoms with E-state index in [0.29, 0.717) is 0 Å². The third-order valence-electron chi connectivity index (χ3n) is 2.81. The largest absolute Gasteiger partial charge is 0.480 e. The molecule has 0 aliphatic carbocycles. The maximum atomic E-state index is 11.8. The molecule has 0 aromatic heterocycles. The fourth-order valence-electron chi connectivity index (χ4n) is 1.51. The van der Waals surface area contributed by atoms with Gasteiger partial charge in [-0.3, -0.25) is 19.2 Å². The van der Waals surface area contributed by atoms with Crippen LogP contribution in [0.1, 0.15) is 6.42 Å². The molecular formula is C12H21N5O7S. The standard InChI is InChI=1S/C12H21N5O7S/c13-5(1-8(14)19)10(21)15-2-9(20)16-6(3-18)11(22)17-7(4-25)12(23)24/h5-7,18,25H,1-4,13H2,(H2,14,19)(H,15,21)(H,16,20)(H,17,22)(H,23,24). The predicted molar refractivity (Wildman–Crippen MR) is 87.2 cm³/mol. The normalized spacial score (nSPS) is 13.9. The molecule has 4 amide bonds. The Kier molecular flexibility index (Phi) is 10.2. The Morgan fingerprint density at radius 1 is 1.04 bits per heavy atom. The van der Waals surface area contributed by atoms with Crippen molar-refractivity contribution in [3.8, 4) is 0 Å². The summed E-state index contributed by atoms with van der Waals surface area (Å²) in [6.07, 6.45) is -0.407. The van der Waals surface area contributed by atoms with Crippen molar-refractivity contribution in [1.29, 1.82) is 0 Å². The molecule has 9 N–H and O–H groups in total. The molecule has 25 heavy (non-hydrogen) atoms. The fourth-order valence-corrected chi connectivity index (χ4v) is 1.75. The summed E-state index contributed by atoms with van der Waals surface area (Å²) >= 11 is 3.76. The van der Waals surface area contributed by atoms with Crippen LogP contribution < -0.4 is 27.4 Å². The molecule has 0 radical (unpaired) electrons. The molecule has 12 nitrogen and oxygen atoms in total. The monoisotopic (exact) mass is 379 g/mol. The number of aliphatic hydroxyl groups is 1. The van der Waals surface area contributed by atoms with Crippen LogP contribution in [0.25, 0.3) is 0 Å². The first-order valence-corrected chi connectivity index (χ1v) is 7.61. The number of thiol groups is 1. The lowest BCUT2D eigenvalue weighted by molar-refractivity contribution is -0.141. The molecule has 3 atom stereocenters. The van der Waals surface area contributed by atoms with Gasteiger partial charge < -0.3 is 37.6 Å². The Morgan fingerprint density at radius 3 is 2.08 bits per heavy atom. The minimum atomic E-state index is -1.43. The average Bonchev–Trinajstić information content (AvgIpc) is 2.53. The van der Waals surface area contributed by atoms with Gasteiger partial charge >= 0.3 is 5.97 Å². The minimum absolute atomic E-state index is 0.193. The first kappa shape index (κ1) is 22.6. The zero-order valence-corrected chi connectivity index (χ0v) is 14.0. The van der Waals surface area contributed by atoms with Crippen LogP contribution in [0, 0.1) is 0 Å². The van der Waals surface area contributed by atoms with Gasteiger partial charge in [0, 0.05) is 5.75 Å². The van der Waals surface area contributed by atoms with Gasteiger partial charge in [0.1, 0.15) is 12.1 Å². The molecule has 0 aromatic rings. The highest BCUT2D eigenvalue weighted by Gasteiger charge is 2.25. The summed E-state index contributed by atoms with van der Waals surface area (Å²) in [5, 5.41) is 24.3. The van der Waals surface area contributed by atoms with Crippen LogP contribution in [0.2, 0.25) is 0 Å². The topological polar surface area (TPSA) is 214 Å². The lowest BCUT2D eigenvalue weighted by Crippen LogP contribution is -2.55. The van der Waals surface area contributed by atoms with E-state index in [2.05, 4.69) is 28.6 Å². The smallest absolute Gasteiger partial charge is 0.327 e. The van der Waals surface area contributed by atoms with Gasteiger partial charge in [-0.15, -0.1) is 0 Å². The van der Waals surface area contributed by atoms with Crippen molar-refractivity contribution in [1.82, 2.24) is 16.0 Å². The quantitative estimate of drug-likeness (QED) is 0.163. The number of carboxylic acid groups (broad SMARTS) is 1. The van der Waals surface area contributed by atoms with Crippen LogP contribution in [0.4, 0.5) is 0 Å². The van der Waals surface area contributed by atoms with Crippen molar-refractivity contribution in [2.24, 2.45) is 11.5 Å². The Morgan fingerprint density at radius 2 is 1.64 bits per heavy atom. The number of amides is 4. The van der Waals surface area contributed by atoms with Gasteiger partial charge in [0.25, 0.3) is 0 Å². The molecule has 0 fully saturated rings. The van der Waals surface area contributed by atoms with Gasteiger partial charge in [-0.05, 0) is 0 Å². The number of hydrogen-bond donors (Lipinski definition) is 8. The van der Waals surface area contributed by atoms with Gasteiger partial charge in [0.15, 0.2) is 0 Å². The van der Waals surface area contributed by atoms with Crippen molar-refractivity contribution < 1.29 is 34.2 Å². The zero-order chi connectivity index (χ0) is 19.6. The first-order chi connectivity index (χ1) is 11.6. The molecule has 0 aromatic carbocycles. The van der Waals surface area contributed by atoms with Crippen molar-refractivity contribution in [3.05, 3.63) is 0 Å². The molecular weight excluding hydrogens is 358 g/mol. The van der Waals surface area contributed by atoms with Crippen molar-refractivity contribution in [2.45, 2.75) is 24.5 Å². The highest BCUT2D eigenvalue weighted by molar-refractivity contribution is 7.80. The molecule has 0 heterocycles. The van der Waals surface area contributed by atoms with Crippen LogP contribution in [0.15, 0.2) is 0 Å². The SMILES string of the molecule is NC(=O)CC(N)C(=O)NCC(=O)NC(CO)C(=O)NC(CS)C(=O)O. The number of aliphatic hydroxyl groups excluding tert-OH is 1. The van der Waals surface area contributed by atoms with Crippen molar-refractivity contribution >= 4 is 42.2 Å². The minimum Gasteiger partial charge on any atom is -0.480 e. The molecule has 3 unspecified atom stereocenters. The summed E-state index contributed by atoms with van der Waals surface area (Å²) in [6, 6.07) is -3.95. The molecule has 0 aliphatic heterocycles. The molecule has 0 rings (SSSR count). The second-order valence-electron chi connectivity index (χ2n) is 4.88. The van der Waals surface area contributed by atoms with Gasteiger partial charge in [0.05, 0.1) is 25.6 Å². The maximum absolute atomic E-state index is 11.8. The molecule has 0 saturated heterocycles. The zero-order valence-electron chi connectivity index (χ0n) is 13.1. The summed E-state index contributed by atoms with van der Waals surface area (Å²) < 4.78 is 0. The number of nitrogens with two attached hydrogens (primary N) is 2. The van der Waals surface area contributed by atoms with Crippen molar-refractivity contribution in [2.75, 3.05) is 18.9 Å². The lowest BCUT2D eigenvalue weighted by Gasteiger charge is -2.19. The van der Waals surface area contributed by atoms with E-state index in [9.17, 15) is 24.0 Å². The third kappa shape index (κ3) is 8.88. The van der Waals surface area contributed by atoms with E-state index in [-0.39, 0.29) is 5.75 Å². The van der Waals surface area contributed by atoms with E-state index in [1.165, 1.54) is 0 Å². The Hall–Kier alpha value is -2.38. The number of nitrogens with one attached hydrogen (secondary N) is 3. The van der Waals surface area contributed by atoms with Gasteiger partial charge in [0.2, 0.25) is 23.6 Å². The maximum Gasteiger partial charge on any atom is 0.327 e. The van der Waals surface area contributed by atoms with Crippen LogP contribution in [-0.2, 0) is 24.0 Å². The van der Waals surface area contributed by atoms with E-state index in [1.54, 1.807) is 0 Å². The predicted octanol–water partition coefficient (Wildman–Crippen LogP) is -4.72. The number of carboxylic acids is 1. The Bertz CT molecular complexity index is 530. The van der Waals surface area contributed by atoms with Crippen LogP contribution in [0.5, 0.6) is 0 Å². The van der Waals surface area contributed by atoms with E-state index in [1.807, 2.05) is 0 Å². The molecule has 0 spiro atoms. The molecule has 0 aliphatic rings. The van der Waals surface area contributed by atoms with Crippen LogP contribution in [-0.4, -0.2) is 76.8 Å².